The number of hydrogen-bond donors (Lipinski definition) is 3. The molecule has 190 valence electrons. The van der Waals surface area contributed by atoms with Gasteiger partial charge in [-0.25, -0.2) is 8.78 Å². The maximum absolute atomic E-state index is 13.6. The lowest BCUT2D eigenvalue weighted by Gasteiger charge is -2.19. The highest BCUT2D eigenvalue weighted by Crippen LogP contribution is 2.32. The maximum atomic E-state index is 13.6. The van der Waals surface area contributed by atoms with Crippen LogP contribution in [0.3, 0.4) is 0 Å². The summed E-state index contributed by atoms with van der Waals surface area (Å²) in [6.07, 6.45) is -4.62. The lowest BCUT2D eigenvalue weighted by molar-refractivity contribution is -0.140. The molecule has 0 aromatic heterocycles. The molecule has 0 bridgehead atoms. The van der Waals surface area contributed by atoms with Gasteiger partial charge in [0.15, 0.2) is 13.2 Å². The number of amides is 2. The van der Waals surface area contributed by atoms with E-state index < -0.39 is 53.9 Å². The molecule has 0 aliphatic carbocycles. The molecule has 0 aliphatic heterocycles. The number of ether oxygens (including phenoxy) is 2. The molecule has 3 N–H and O–H groups in total. The molecule has 0 heterocycles. The standard InChI is InChI=1S/C23H23F5N2O5/c1-2-15(9-16(31)11-29-21(32)12-34-17-5-3-14(24)4-6-17)30-22(33)13-35-18-7-8-19(20(25)10-18)23(26,27)28/h2-8,10,15-16,31H,1,9,11-13H2,(H,29,32)(H,30,33)/t15?,16-/m0/s1. The van der Waals surface area contributed by atoms with Crippen LogP contribution in [0.2, 0.25) is 0 Å². The van der Waals surface area contributed by atoms with E-state index in [1.54, 1.807) is 0 Å². The highest BCUT2D eigenvalue weighted by molar-refractivity contribution is 5.78. The lowest BCUT2D eigenvalue weighted by Crippen LogP contribution is -2.42. The van der Waals surface area contributed by atoms with Crippen molar-refractivity contribution in [2.24, 2.45) is 0 Å². The minimum Gasteiger partial charge on any atom is -0.484 e. The van der Waals surface area contributed by atoms with E-state index in [1.165, 1.54) is 30.3 Å². The van der Waals surface area contributed by atoms with Crippen LogP contribution in [0, 0.1) is 11.6 Å². The van der Waals surface area contributed by atoms with E-state index in [4.69, 9.17) is 9.47 Å². The van der Waals surface area contributed by atoms with E-state index in [1.807, 2.05) is 0 Å². The summed E-state index contributed by atoms with van der Waals surface area (Å²) >= 11 is 0. The lowest BCUT2D eigenvalue weighted by atomic mass is 10.1. The molecule has 2 aromatic rings. The minimum absolute atomic E-state index is 0.0246. The van der Waals surface area contributed by atoms with E-state index in [9.17, 15) is 36.6 Å². The van der Waals surface area contributed by atoms with E-state index in [-0.39, 0.29) is 31.1 Å². The molecular formula is C23H23F5N2O5. The van der Waals surface area contributed by atoms with Crippen molar-refractivity contribution in [1.82, 2.24) is 10.6 Å². The van der Waals surface area contributed by atoms with Crippen molar-refractivity contribution < 1.29 is 46.1 Å². The number of aliphatic hydroxyl groups excluding tert-OH is 1. The van der Waals surface area contributed by atoms with Gasteiger partial charge in [-0.3, -0.25) is 9.59 Å². The van der Waals surface area contributed by atoms with Crippen molar-refractivity contribution in [3.63, 3.8) is 0 Å². The Bertz CT molecular complexity index is 1010. The van der Waals surface area contributed by atoms with Gasteiger partial charge >= 0.3 is 6.18 Å². The second-order valence-corrected chi connectivity index (χ2v) is 7.27. The van der Waals surface area contributed by atoms with Crippen molar-refractivity contribution in [2.45, 2.75) is 24.7 Å². The Morgan fingerprint density at radius 1 is 1.00 bits per heavy atom. The average Bonchev–Trinajstić information content (AvgIpc) is 2.79. The predicted octanol–water partition coefficient (Wildman–Crippen LogP) is 2.98. The van der Waals surface area contributed by atoms with Crippen LogP contribution in [0.25, 0.3) is 0 Å². The summed E-state index contributed by atoms with van der Waals surface area (Å²) in [5, 5.41) is 15.0. The third-order valence-corrected chi connectivity index (χ3v) is 4.49. The molecule has 2 aromatic carbocycles. The smallest absolute Gasteiger partial charge is 0.419 e. The molecule has 12 heteroatoms. The second-order valence-electron chi connectivity index (χ2n) is 7.27. The highest BCUT2D eigenvalue weighted by atomic mass is 19.4. The zero-order chi connectivity index (χ0) is 26.0. The molecule has 2 amide bonds. The quantitative estimate of drug-likeness (QED) is 0.306. The first-order valence-corrected chi connectivity index (χ1v) is 10.2. The third kappa shape index (κ3) is 9.61. The first-order valence-electron chi connectivity index (χ1n) is 10.2. The molecule has 0 fully saturated rings. The largest absolute Gasteiger partial charge is 0.484 e. The Hall–Kier alpha value is -3.67. The van der Waals surface area contributed by atoms with E-state index in [0.717, 1.165) is 6.07 Å². The Kier molecular flexibility index (Phi) is 10.0. The number of alkyl halides is 3. The fourth-order valence-corrected chi connectivity index (χ4v) is 2.77. The molecule has 1 unspecified atom stereocenters. The summed E-state index contributed by atoms with van der Waals surface area (Å²) in [6.45, 7) is 2.40. The fourth-order valence-electron chi connectivity index (χ4n) is 2.77. The van der Waals surface area contributed by atoms with Gasteiger partial charge in [0.1, 0.15) is 23.1 Å². The van der Waals surface area contributed by atoms with E-state index >= 15 is 0 Å². The maximum Gasteiger partial charge on any atom is 0.419 e. The van der Waals surface area contributed by atoms with Gasteiger partial charge in [-0.15, -0.1) is 6.58 Å². The number of halogens is 5. The van der Waals surface area contributed by atoms with Crippen molar-refractivity contribution in [2.75, 3.05) is 19.8 Å². The van der Waals surface area contributed by atoms with Crippen LogP contribution in [0.5, 0.6) is 11.5 Å². The highest BCUT2D eigenvalue weighted by Gasteiger charge is 2.34. The van der Waals surface area contributed by atoms with E-state index in [0.29, 0.717) is 12.1 Å². The molecule has 0 aliphatic rings. The first kappa shape index (κ1) is 27.6. The van der Waals surface area contributed by atoms with Gasteiger partial charge in [0, 0.05) is 18.7 Å². The fraction of sp³-hybridized carbons (Fsp3) is 0.304. The molecule has 0 saturated heterocycles. The normalized spacial score (nSPS) is 12.9. The van der Waals surface area contributed by atoms with Crippen LogP contribution >= 0.6 is 0 Å². The Labute approximate surface area is 197 Å². The first-order chi connectivity index (χ1) is 16.5. The zero-order valence-electron chi connectivity index (χ0n) is 18.3. The zero-order valence-corrected chi connectivity index (χ0v) is 18.3. The number of aliphatic hydroxyl groups is 1. The van der Waals surface area contributed by atoms with Crippen molar-refractivity contribution in [1.29, 1.82) is 0 Å². The van der Waals surface area contributed by atoms with Gasteiger partial charge in [0.25, 0.3) is 11.8 Å². The van der Waals surface area contributed by atoms with Crippen molar-refractivity contribution in [3.05, 3.63) is 72.3 Å². The Balaban J connectivity index is 1.72. The molecule has 0 saturated carbocycles. The third-order valence-electron chi connectivity index (χ3n) is 4.49. The topological polar surface area (TPSA) is 96.9 Å². The van der Waals surface area contributed by atoms with Gasteiger partial charge < -0.3 is 25.2 Å². The molecule has 2 atom stereocenters. The second kappa shape index (κ2) is 12.7. The number of carbonyl (C=O) groups is 2. The number of rotatable bonds is 12. The van der Waals surface area contributed by atoms with Gasteiger partial charge in [0.2, 0.25) is 0 Å². The van der Waals surface area contributed by atoms with Crippen LogP contribution in [-0.2, 0) is 15.8 Å². The minimum atomic E-state index is -4.85. The van der Waals surface area contributed by atoms with Gasteiger partial charge in [0.05, 0.1) is 11.7 Å². The summed E-state index contributed by atoms with van der Waals surface area (Å²) in [6, 6.07) is 6.24. The molecular weight excluding hydrogens is 479 g/mol. The van der Waals surface area contributed by atoms with Crippen LogP contribution < -0.4 is 20.1 Å². The number of hydrogen-bond acceptors (Lipinski definition) is 5. The van der Waals surface area contributed by atoms with E-state index in [2.05, 4.69) is 17.2 Å². The summed E-state index contributed by atoms with van der Waals surface area (Å²) < 4.78 is 74.3. The molecule has 0 radical (unpaired) electrons. The average molecular weight is 502 g/mol. The summed E-state index contributed by atoms with van der Waals surface area (Å²) in [5.41, 5.74) is -1.45. The summed E-state index contributed by atoms with van der Waals surface area (Å²) in [4.78, 5) is 23.9. The number of nitrogens with one attached hydrogen (secondary N) is 2. The monoisotopic (exact) mass is 502 g/mol. The SMILES string of the molecule is C=CC(C[C@H](O)CNC(=O)COc1ccc(F)cc1)NC(=O)COc1ccc(C(F)(F)F)c(F)c1. The van der Waals surface area contributed by atoms with Crippen LogP contribution in [0.1, 0.15) is 12.0 Å². The summed E-state index contributed by atoms with van der Waals surface area (Å²) in [7, 11) is 0. The van der Waals surface area contributed by atoms with Crippen LogP contribution in [-0.4, -0.2) is 48.8 Å². The van der Waals surface area contributed by atoms with Gasteiger partial charge in [-0.05, 0) is 42.8 Å². The molecule has 7 nitrogen and oxygen atoms in total. The molecule has 35 heavy (non-hydrogen) atoms. The van der Waals surface area contributed by atoms with Crippen molar-refractivity contribution >= 4 is 11.8 Å². The molecule has 2 rings (SSSR count). The Morgan fingerprint density at radius 3 is 2.20 bits per heavy atom. The van der Waals surface area contributed by atoms with Crippen LogP contribution in [0.15, 0.2) is 55.1 Å². The van der Waals surface area contributed by atoms with Gasteiger partial charge in [-0.1, -0.05) is 6.08 Å². The Morgan fingerprint density at radius 2 is 1.60 bits per heavy atom. The molecule has 0 spiro atoms. The number of benzene rings is 2. The predicted molar refractivity (Wildman–Crippen MR) is 115 cm³/mol. The van der Waals surface area contributed by atoms with Crippen LogP contribution in [0.4, 0.5) is 22.0 Å². The number of carbonyl (C=O) groups excluding carboxylic acids is 2. The summed E-state index contributed by atoms with van der Waals surface area (Å²) in [5.74, 6) is -3.20. The van der Waals surface area contributed by atoms with Gasteiger partial charge in [-0.2, -0.15) is 13.2 Å². The van der Waals surface area contributed by atoms with Crippen molar-refractivity contribution in [3.8, 4) is 11.5 Å².